The minimum absolute atomic E-state index is 0.374. The van der Waals surface area contributed by atoms with Gasteiger partial charge in [-0.2, -0.15) is 0 Å². The number of nitrogens with two attached hydrogens (primary N) is 1. The molecule has 0 heterocycles. The maximum atomic E-state index is 6.65. The molecular formula is C22H29N. The normalized spacial score (nSPS) is 13.6. The predicted molar refractivity (Wildman–Crippen MR) is 101 cm³/mol. The lowest BCUT2D eigenvalue weighted by atomic mass is 9.85. The van der Waals surface area contributed by atoms with Crippen molar-refractivity contribution >= 4 is 5.57 Å². The maximum Gasteiger partial charge on any atom is 0.0195 e. The van der Waals surface area contributed by atoms with Gasteiger partial charge in [0.25, 0.3) is 0 Å². The number of hydrogen-bond acceptors (Lipinski definition) is 1. The van der Waals surface area contributed by atoms with Gasteiger partial charge in [-0.3, -0.25) is 0 Å². The molecule has 0 saturated heterocycles. The van der Waals surface area contributed by atoms with Gasteiger partial charge in [0.1, 0.15) is 0 Å². The van der Waals surface area contributed by atoms with Crippen LogP contribution in [0.25, 0.3) is 5.57 Å². The number of allylic oxidation sites excluding steroid dienone is 1. The van der Waals surface area contributed by atoms with Crippen molar-refractivity contribution < 1.29 is 0 Å². The molecule has 0 aliphatic heterocycles. The smallest absolute Gasteiger partial charge is 0.0195 e. The molecule has 2 N–H and O–H groups in total. The molecule has 1 heteroatoms. The number of aryl methyl sites for hydroxylation is 2. The lowest BCUT2D eigenvalue weighted by molar-refractivity contribution is 0.650. The fourth-order valence-electron chi connectivity index (χ4n) is 3.03. The maximum absolute atomic E-state index is 6.65. The molecule has 0 spiro atoms. The van der Waals surface area contributed by atoms with Crippen molar-refractivity contribution in [3.8, 4) is 0 Å². The zero-order chi connectivity index (χ0) is 16.8. The summed E-state index contributed by atoms with van der Waals surface area (Å²) in [5.74, 6) is 0.374. The van der Waals surface area contributed by atoms with E-state index in [1.54, 1.807) is 0 Å². The lowest BCUT2D eigenvalue weighted by Gasteiger charge is -2.21. The van der Waals surface area contributed by atoms with E-state index in [0.29, 0.717) is 5.92 Å². The summed E-state index contributed by atoms with van der Waals surface area (Å²) in [7, 11) is 0. The topological polar surface area (TPSA) is 26.0 Å². The average Bonchev–Trinajstić information content (AvgIpc) is 2.57. The van der Waals surface area contributed by atoms with Gasteiger partial charge in [-0.25, -0.2) is 0 Å². The molecule has 2 aromatic carbocycles. The van der Waals surface area contributed by atoms with E-state index in [9.17, 15) is 0 Å². The second kappa shape index (κ2) is 8.01. The summed E-state index contributed by atoms with van der Waals surface area (Å²) in [5.41, 5.74) is 14.1. The summed E-state index contributed by atoms with van der Waals surface area (Å²) >= 11 is 0. The first-order valence-electron chi connectivity index (χ1n) is 8.74. The Kier molecular flexibility index (Phi) is 6.04. The van der Waals surface area contributed by atoms with E-state index in [-0.39, 0.29) is 0 Å². The number of benzene rings is 2. The van der Waals surface area contributed by atoms with Crippen LogP contribution in [0.15, 0.2) is 54.2 Å². The molecule has 1 unspecified atom stereocenters. The largest absolute Gasteiger partial charge is 0.401 e. The quantitative estimate of drug-likeness (QED) is 0.726. The summed E-state index contributed by atoms with van der Waals surface area (Å²) in [6.07, 6.45) is 3.28. The van der Waals surface area contributed by atoms with E-state index >= 15 is 0 Å². The lowest BCUT2D eigenvalue weighted by Crippen LogP contribution is -2.13. The van der Waals surface area contributed by atoms with Crippen LogP contribution in [-0.4, -0.2) is 0 Å². The van der Waals surface area contributed by atoms with Crippen LogP contribution in [-0.2, 0) is 6.42 Å². The van der Waals surface area contributed by atoms with E-state index in [1.807, 2.05) is 0 Å². The fraction of sp³-hybridized carbons (Fsp3) is 0.364. The first-order chi connectivity index (χ1) is 11.1. The average molecular weight is 307 g/mol. The second-order valence-electron chi connectivity index (χ2n) is 6.36. The van der Waals surface area contributed by atoms with Crippen molar-refractivity contribution in [3.05, 3.63) is 76.5 Å². The van der Waals surface area contributed by atoms with Crippen LogP contribution < -0.4 is 5.73 Å². The third kappa shape index (κ3) is 3.85. The van der Waals surface area contributed by atoms with Gasteiger partial charge < -0.3 is 5.73 Å². The van der Waals surface area contributed by atoms with Crippen molar-refractivity contribution in [2.45, 2.75) is 47.0 Å². The summed E-state index contributed by atoms with van der Waals surface area (Å²) < 4.78 is 0. The third-order valence-corrected chi connectivity index (χ3v) is 4.65. The molecule has 2 aromatic rings. The number of hydrogen-bond donors (Lipinski definition) is 1. The summed E-state index contributed by atoms with van der Waals surface area (Å²) in [5, 5.41) is 0. The van der Waals surface area contributed by atoms with Crippen LogP contribution in [0.1, 0.15) is 55.9 Å². The van der Waals surface area contributed by atoms with Crippen LogP contribution >= 0.6 is 0 Å². The molecule has 0 fully saturated rings. The fourth-order valence-corrected chi connectivity index (χ4v) is 3.03. The minimum atomic E-state index is 0.374. The van der Waals surface area contributed by atoms with Crippen molar-refractivity contribution in [3.63, 3.8) is 0 Å². The highest BCUT2D eigenvalue weighted by Crippen LogP contribution is 2.33. The molecule has 0 amide bonds. The van der Waals surface area contributed by atoms with Gasteiger partial charge in [0.15, 0.2) is 0 Å². The molecule has 2 rings (SSSR count). The Bertz CT molecular complexity index is 682. The van der Waals surface area contributed by atoms with Crippen molar-refractivity contribution in [2.75, 3.05) is 0 Å². The van der Waals surface area contributed by atoms with Gasteiger partial charge in [-0.05, 0) is 47.9 Å². The highest BCUT2D eigenvalue weighted by molar-refractivity contribution is 5.84. The standard InChI is InChI=1S/C22H29N/c1-5-11-18-13-8-10-15-20(18)21(22(23)16(3)6-2)19-14-9-7-12-17(19)4/h7-10,12-16H,5-6,11,23H2,1-4H3/b22-21-. The Hall–Kier alpha value is -2.02. The van der Waals surface area contributed by atoms with E-state index in [0.717, 1.165) is 25.0 Å². The van der Waals surface area contributed by atoms with Crippen LogP contribution in [0.3, 0.4) is 0 Å². The van der Waals surface area contributed by atoms with Crippen molar-refractivity contribution in [1.82, 2.24) is 0 Å². The zero-order valence-corrected chi connectivity index (χ0v) is 14.9. The van der Waals surface area contributed by atoms with E-state index < -0.39 is 0 Å². The minimum Gasteiger partial charge on any atom is -0.401 e. The Morgan fingerprint density at radius 2 is 1.57 bits per heavy atom. The first-order valence-corrected chi connectivity index (χ1v) is 8.74. The molecule has 1 nitrogen and oxygen atoms in total. The second-order valence-corrected chi connectivity index (χ2v) is 6.36. The predicted octanol–water partition coefficient (Wildman–Crippen LogP) is 5.71. The SMILES string of the molecule is CCCc1ccccc1/C(=C(\N)C(C)CC)c1ccccc1C. The van der Waals surface area contributed by atoms with Gasteiger partial charge >= 0.3 is 0 Å². The monoisotopic (exact) mass is 307 g/mol. The number of rotatable bonds is 6. The van der Waals surface area contributed by atoms with E-state index in [1.165, 1.54) is 27.8 Å². The van der Waals surface area contributed by atoms with Crippen molar-refractivity contribution in [1.29, 1.82) is 0 Å². The zero-order valence-electron chi connectivity index (χ0n) is 14.9. The van der Waals surface area contributed by atoms with Crippen LogP contribution in [0, 0.1) is 12.8 Å². The Balaban J connectivity index is 2.72. The highest BCUT2D eigenvalue weighted by atomic mass is 14.6. The summed E-state index contributed by atoms with van der Waals surface area (Å²) in [6.45, 7) is 8.81. The summed E-state index contributed by atoms with van der Waals surface area (Å²) in [6, 6.07) is 17.3. The van der Waals surface area contributed by atoms with E-state index in [2.05, 4.69) is 76.2 Å². The Labute approximate surface area is 141 Å². The molecule has 0 aliphatic carbocycles. The van der Waals surface area contributed by atoms with Crippen LogP contribution in [0.4, 0.5) is 0 Å². The van der Waals surface area contributed by atoms with Gasteiger partial charge in [-0.1, -0.05) is 75.7 Å². The molecule has 0 saturated carbocycles. The molecule has 0 radical (unpaired) electrons. The molecule has 0 aliphatic rings. The first kappa shape index (κ1) is 17.3. The Morgan fingerprint density at radius 1 is 0.957 bits per heavy atom. The van der Waals surface area contributed by atoms with Gasteiger partial charge in [-0.15, -0.1) is 0 Å². The summed E-state index contributed by atoms with van der Waals surface area (Å²) in [4.78, 5) is 0. The third-order valence-electron chi connectivity index (χ3n) is 4.65. The van der Waals surface area contributed by atoms with Crippen LogP contribution in [0.5, 0.6) is 0 Å². The Morgan fingerprint density at radius 3 is 2.17 bits per heavy atom. The van der Waals surface area contributed by atoms with Gasteiger partial charge in [0.2, 0.25) is 0 Å². The molecule has 0 aromatic heterocycles. The van der Waals surface area contributed by atoms with Gasteiger partial charge in [0, 0.05) is 11.3 Å². The molecule has 1 atom stereocenters. The van der Waals surface area contributed by atoms with Crippen molar-refractivity contribution in [2.24, 2.45) is 11.7 Å². The van der Waals surface area contributed by atoms with Crippen LogP contribution in [0.2, 0.25) is 0 Å². The molecule has 0 bridgehead atoms. The molecule has 122 valence electrons. The van der Waals surface area contributed by atoms with E-state index in [4.69, 9.17) is 5.73 Å². The van der Waals surface area contributed by atoms with Gasteiger partial charge in [0.05, 0.1) is 0 Å². The highest BCUT2D eigenvalue weighted by Gasteiger charge is 2.17. The molecule has 23 heavy (non-hydrogen) atoms. The molecular weight excluding hydrogens is 278 g/mol.